The second-order valence-electron chi connectivity index (χ2n) is 3.74. The van der Waals surface area contributed by atoms with Crippen molar-refractivity contribution in [1.82, 2.24) is 9.55 Å². The average molecular weight is 200 g/mol. The quantitative estimate of drug-likeness (QED) is 0.696. The molecule has 0 radical (unpaired) electrons. The minimum Gasteiger partial charge on any atom is -0.336 e. The molecular weight excluding hydrogens is 190 g/mol. The van der Waals surface area contributed by atoms with Gasteiger partial charge in [-0.3, -0.25) is 4.79 Å². The fraction of sp³-hybridized carbons (Fsp3) is 0.556. The van der Waals surface area contributed by atoms with Gasteiger partial charge >= 0.3 is 0 Å². The third-order valence-electron chi connectivity index (χ3n) is 2.42. The molecule has 0 atom stereocenters. The van der Waals surface area contributed by atoms with Crippen LogP contribution >= 0.6 is 0 Å². The molecule has 0 saturated heterocycles. The van der Waals surface area contributed by atoms with E-state index in [0.717, 1.165) is 0 Å². The number of hydrogen-bond acceptors (Lipinski definition) is 2. The summed E-state index contributed by atoms with van der Waals surface area (Å²) in [5, 5.41) is 0. The fourth-order valence-electron chi connectivity index (χ4n) is 1.75. The van der Waals surface area contributed by atoms with E-state index in [2.05, 4.69) is 4.98 Å². The van der Waals surface area contributed by atoms with Crippen LogP contribution in [0.15, 0.2) is 12.5 Å². The van der Waals surface area contributed by atoms with Crippen LogP contribution in [-0.4, -0.2) is 21.8 Å². The molecule has 0 aromatic carbocycles. The molecule has 0 bridgehead atoms. The summed E-state index contributed by atoms with van der Waals surface area (Å²) in [4.78, 5) is 14.1. The molecule has 1 aliphatic carbocycles. The van der Waals surface area contributed by atoms with Gasteiger partial charge in [-0.15, -0.1) is 0 Å². The second kappa shape index (κ2) is 3.15. The molecule has 1 aromatic heterocycles. The van der Waals surface area contributed by atoms with Crippen LogP contribution in [0.2, 0.25) is 0 Å². The van der Waals surface area contributed by atoms with E-state index in [1.165, 1.54) is 6.33 Å². The van der Waals surface area contributed by atoms with Crippen molar-refractivity contribution in [2.45, 2.75) is 25.3 Å². The van der Waals surface area contributed by atoms with Crippen molar-refractivity contribution in [3.8, 4) is 0 Å². The van der Waals surface area contributed by atoms with Crippen LogP contribution < -0.4 is 0 Å². The maximum absolute atomic E-state index is 12.5. The molecule has 5 heteroatoms. The lowest BCUT2D eigenvalue weighted by Crippen LogP contribution is -2.37. The molecule has 0 amide bonds. The molecule has 2 rings (SSSR count). The molecule has 1 saturated carbocycles. The molecule has 1 aliphatic rings. The zero-order valence-corrected chi connectivity index (χ0v) is 7.49. The number of rotatable bonds is 3. The van der Waals surface area contributed by atoms with Crippen LogP contribution in [0.5, 0.6) is 0 Å². The predicted molar refractivity (Wildman–Crippen MR) is 45.3 cm³/mol. The summed E-state index contributed by atoms with van der Waals surface area (Å²) in [7, 11) is 0. The van der Waals surface area contributed by atoms with Crippen molar-refractivity contribution < 1.29 is 13.6 Å². The number of carbonyl (C=O) groups is 1. The topological polar surface area (TPSA) is 34.9 Å². The summed E-state index contributed by atoms with van der Waals surface area (Å²) in [6.07, 6.45) is 3.61. The van der Waals surface area contributed by atoms with Gasteiger partial charge in [0.25, 0.3) is 0 Å². The minimum atomic E-state index is -2.47. The smallest absolute Gasteiger partial charge is 0.248 e. The lowest BCUT2D eigenvalue weighted by molar-refractivity contribution is -0.114. The van der Waals surface area contributed by atoms with E-state index >= 15 is 0 Å². The van der Waals surface area contributed by atoms with Crippen LogP contribution in [0, 0.1) is 5.92 Å². The van der Waals surface area contributed by atoms with Gasteiger partial charge in [0.05, 0.1) is 6.33 Å². The molecule has 1 heterocycles. The molecule has 3 nitrogen and oxygen atoms in total. The van der Waals surface area contributed by atoms with Crippen LogP contribution in [0.4, 0.5) is 8.78 Å². The van der Waals surface area contributed by atoms with Crippen LogP contribution in [0.1, 0.15) is 23.3 Å². The first-order valence-electron chi connectivity index (χ1n) is 4.44. The molecule has 0 aliphatic heterocycles. The SMILES string of the molecule is O=Cc1cn(CC2CC(F)(F)C2)cn1. The first kappa shape index (κ1) is 9.30. The maximum atomic E-state index is 12.5. The molecule has 0 N–H and O–H groups in total. The molecule has 14 heavy (non-hydrogen) atoms. The largest absolute Gasteiger partial charge is 0.336 e. The first-order chi connectivity index (χ1) is 6.59. The number of aldehydes is 1. The Morgan fingerprint density at radius 3 is 2.86 bits per heavy atom. The number of hydrogen-bond donors (Lipinski definition) is 0. The van der Waals surface area contributed by atoms with E-state index in [1.54, 1.807) is 10.8 Å². The third-order valence-corrected chi connectivity index (χ3v) is 2.42. The predicted octanol–water partition coefficient (Wildman–Crippen LogP) is 1.74. The van der Waals surface area contributed by atoms with E-state index in [-0.39, 0.29) is 18.8 Å². The highest BCUT2D eigenvalue weighted by Crippen LogP contribution is 2.42. The number of imidazole rings is 1. The van der Waals surface area contributed by atoms with Gasteiger partial charge in [0.1, 0.15) is 5.69 Å². The van der Waals surface area contributed by atoms with E-state index in [0.29, 0.717) is 18.5 Å². The summed E-state index contributed by atoms with van der Waals surface area (Å²) < 4.78 is 26.6. The molecule has 0 spiro atoms. The normalized spacial score (nSPS) is 20.4. The van der Waals surface area contributed by atoms with Crippen molar-refractivity contribution >= 4 is 6.29 Å². The zero-order valence-electron chi connectivity index (χ0n) is 7.49. The van der Waals surface area contributed by atoms with E-state index in [1.807, 2.05) is 0 Å². The highest BCUT2D eigenvalue weighted by molar-refractivity contribution is 5.70. The van der Waals surface area contributed by atoms with E-state index < -0.39 is 5.92 Å². The first-order valence-corrected chi connectivity index (χ1v) is 4.44. The van der Waals surface area contributed by atoms with Gasteiger partial charge in [-0.05, 0) is 5.92 Å². The van der Waals surface area contributed by atoms with Gasteiger partial charge in [-0.2, -0.15) is 0 Å². The Balaban J connectivity index is 1.90. The lowest BCUT2D eigenvalue weighted by Gasteiger charge is -2.34. The minimum absolute atomic E-state index is 0.0127. The fourth-order valence-corrected chi connectivity index (χ4v) is 1.75. The Bertz CT molecular complexity index is 340. The lowest BCUT2D eigenvalue weighted by atomic mass is 9.81. The van der Waals surface area contributed by atoms with Crippen molar-refractivity contribution in [2.75, 3.05) is 0 Å². The number of aromatic nitrogens is 2. The van der Waals surface area contributed by atoms with E-state index in [4.69, 9.17) is 0 Å². The van der Waals surface area contributed by atoms with Gasteiger partial charge in [0.15, 0.2) is 6.29 Å². The molecule has 0 unspecified atom stereocenters. The van der Waals surface area contributed by atoms with Gasteiger partial charge in [-0.1, -0.05) is 0 Å². The summed E-state index contributed by atoms with van der Waals surface area (Å²) in [5.74, 6) is -2.46. The Hall–Kier alpha value is -1.26. The highest BCUT2D eigenvalue weighted by Gasteiger charge is 2.45. The van der Waals surface area contributed by atoms with Crippen LogP contribution in [-0.2, 0) is 6.54 Å². The molecule has 1 aromatic rings. The molecular formula is C9H10F2N2O. The van der Waals surface area contributed by atoms with Crippen LogP contribution in [0.25, 0.3) is 0 Å². The number of alkyl halides is 2. The van der Waals surface area contributed by atoms with Crippen molar-refractivity contribution in [1.29, 1.82) is 0 Å². The zero-order chi connectivity index (χ0) is 10.2. The molecule has 1 fully saturated rings. The van der Waals surface area contributed by atoms with Gasteiger partial charge in [0.2, 0.25) is 5.92 Å². The Morgan fingerprint density at radius 2 is 2.36 bits per heavy atom. The third kappa shape index (κ3) is 1.81. The summed E-state index contributed by atoms with van der Waals surface area (Å²) >= 11 is 0. The standard InChI is InChI=1S/C9H10F2N2O/c10-9(11)1-7(2-9)3-13-4-8(5-14)12-6-13/h4-7H,1-3H2. The Labute approximate surface area is 79.7 Å². The van der Waals surface area contributed by atoms with Crippen molar-refractivity contribution in [2.24, 2.45) is 5.92 Å². The summed E-state index contributed by atoms with van der Waals surface area (Å²) in [5.41, 5.74) is 0.344. The maximum Gasteiger partial charge on any atom is 0.248 e. The van der Waals surface area contributed by atoms with Gasteiger partial charge in [-0.25, -0.2) is 13.8 Å². The van der Waals surface area contributed by atoms with Gasteiger partial charge < -0.3 is 4.57 Å². The Morgan fingerprint density at radius 1 is 1.64 bits per heavy atom. The second-order valence-corrected chi connectivity index (χ2v) is 3.74. The van der Waals surface area contributed by atoms with Gasteiger partial charge in [0, 0.05) is 25.6 Å². The average Bonchev–Trinajstić information content (AvgIpc) is 2.49. The monoisotopic (exact) mass is 200 g/mol. The number of carbonyl (C=O) groups excluding carboxylic acids is 1. The molecule has 76 valence electrons. The Kier molecular flexibility index (Phi) is 2.09. The van der Waals surface area contributed by atoms with E-state index in [9.17, 15) is 13.6 Å². The summed E-state index contributed by atoms with van der Waals surface area (Å²) in [6, 6.07) is 0. The number of nitrogens with zero attached hydrogens (tertiary/aromatic N) is 2. The van der Waals surface area contributed by atoms with Crippen molar-refractivity contribution in [3.63, 3.8) is 0 Å². The van der Waals surface area contributed by atoms with Crippen molar-refractivity contribution in [3.05, 3.63) is 18.2 Å². The van der Waals surface area contributed by atoms with Crippen LogP contribution in [0.3, 0.4) is 0 Å². The number of halogens is 2. The summed E-state index contributed by atoms with van der Waals surface area (Å²) in [6.45, 7) is 0.524. The highest BCUT2D eigenvalue weighted by atomic mass is 19.3.